The van der Waals surface area contributed by atoms with Gasteiger partial charge in [0.15, 0.2) is 0 Å². The fourth-order valence-corrected chi connectivity index (χ4v) is 4.24. The number of aryl methyl sites for hydroxylation is 2. The van der Waals surface area contributed by atoms with E-state index in [2.05, 4.69) is 29.1 Å². The van der Waals surface area contributed by atoms with Crippen molar-refractivity contribution in [3.8, 4) is 11.3 Å². The second-order valence-electron chi connectivity index (χ2n) is 7.93. The minimum atomic E-state index is -0.380. The Morgan fingerprint density at radius 3 is 2.81 bits per heavy atom. The van der Waals surface area contributed by atoms with Gasteiger partial charge in [-0.3, -0.25) is 4.68 Å². The van der Waals surface area contributed by atoms with Crippen LogP contribution in [-0.4, -0.2) is 34.5 Å². The molecule has 1 aliphatic rings. The molecular weight excluding hydrogens is 415 g/mol. The molecule has 2 aromatic heterocycles. The number of rotatable bonds is 3. The number of fused-ring (bicyclic) bond motifs is 1. The first-order valence-corrected chi connectivity index (χ1v) is 10.6. The van der Waals surface area contributed by atoms with E-state index in [1.54, 1.807) is 16.8 Å². The van der Waals surface area contributed by atoms with E-state index < -0.39 is 0 Å². The van der Waals surface area contributed by atoms with Gasteiger partial charge >= 0.3 is 0 Å². The molecule has 1 aliphatic heterocycles. The van der Waals surface area contributed by atoms with E-state index in [4.69, 9.17) is 21.3 Å². The average Bonchev–Trinajstić information content (AvgIpc) is 3.19. The third-order valence-corrected chi connectivity index (χ3v) is 5.88. The average molecular weight is 437 g/mol. The predicted molar refractivity (Wildman–Crippen MR) is 121 cm³/mol. The van der Waals surface area contributed by atoms with Crippen LogP contribution in [0.25, 0.3) is 22.0 Å². The van der Waals surface area contributed by atoms with E-state index in [-0.39, 0.29) is 11.9 Å². The summed E-state index contributed by atoms with van der Waals surface area (Å²) in [7, 11) is 1.89. The van der Waals surface area contributed by atoms with Crippen molar-refractivity contribution in [1.82, 2.24) is 14.8 Å². The van der Waals surface area contributed by atoms with Crippen molar-refractivity contribution in [2.24, 2.45) is 7.05 Å². The Kier molecular flexibility index (Phi) is 5.12. The fourth-order valence-electron chi connectivity index (χ4n) is 4.08. The normalized spacial score (nSPS) is 16.8. The summed E-state index contributed by atoms with van der Waals surface area (Å²) in [5.74, 6) is 0.425. The topological polar surface area (TPSA) is 43.2 Å². The van der Waals surface area contributed by atoms with Crippen LogP contribution in [0.3, 0.4) is 0 Å². The summed E-state index contributed by atoms with van der Waals surface area (Å²) >= 11 is 5.98. The molecule has 0 amide bonds. The number of pyridine rings is 1. The Bertz CT molecular complexity index is 1270. The highest BCUT2D eigenvalue weighted by atomic mass is 35.5. The number of nitrogens with zero attached hydrogens (tertiary/aromatic N) is 4. The first-order valence-electron chi connectivity index (χ1n) is 10.2. The second-order valence-corrected chi connectivity index (χ2v) is 8.37. The molecule has 5 nitrogen and oxygen atoms in total. The maximum Gasteiger partial charge on any atom is 0.134 e. The van der Waals surface area contributed by atoms with Gasteiger partial charge in [-0.05, 0) is 36.6 Å². The molecule has 1 saturated heterocycles. The van der Waals surface area contributed by atoms with Gasteiger partial charge in [0.05, 0.1) is 18.5 Å². The van der Waals surface area contributed by atoms with Gasteiger partial charge in [0, 0.05) is 47.9 Å². The number of benzene rings is 2. The van der Waals surface area contributed by atoms with Crippen LogP contribution in [-0.2, 0) is 11.8 Å². The van der Waals surface area contributed by atoms with E-state index in [1.165, 1.54) is 6.07 Å². The number of aromatic nitrogens is 3. The molecule has 31 heavy (non-hydrogen) atoms. The van der Waals surface area contributed by atoms with Crippen molar-refractivity contribution in [2.75, 3.05) is 24.6 Å². The number of hydrogen-bond acceptors (Lipinski definition) is 4. The molecule has 2 aromatic carbocycles. The van der Waals surface area contributed by atoms with Crippen LogP contribution < -0.4 is 4.90 Å². The van der Waals surface area contributed by atoms with Crippen LogP contribution in [0.2, 0.25) is 5.02 Å². The van der Waals surface area contributed by atoms with Gasteiger partial charge in [-0.15, -0.1) is 0 Å². The Hall–Kier alpha value is -2.96. The Morgan fingerprint density at radius 1 is 1.16 bits per heavy atom. The molecule has 0 aliphatic carbocycles. The maximum atomic E-state index is 14.8. The van der Waals surface area contributed by atoms with Crippen LogP contribution in [0, 0.1) is 12.7 Å². The highest BCUT2D eigenvalue weighted by Gasteiger charge is 2.25. The highest BCUT2D eigenvalue weighted by molar-refractivity contribution is 6.30. The van der Waals surface area contributed by atoms with Crippen molar-refractivity contribution >= 4 is 28.2 Å². The molecule has 0 spiro atoms. The molecule has 1 atom stereocenters. The van der Waals surface area contributed by atoms with Crippen LogP contribution in [0.4, 0.5) is 10.2 Å². The van der Waals surface area contributed by atoms with Gasteiger partial charge in [-0.1, -0.05) is 35.4 Å². The molecule has 1 fully saturated rings. The quantitative estimate of drug-likeness (QED) is 0.436. The molecule has 0 saturated carbocycles. The van der Waals surface area contributed by atoms with Crippen molar-refractivity contribution in [3.63, 3.8) is 0 Å². The van der Waals surface area contributed by atoms with Crippen LogP contribution in [0.5, 0.6) is 0 Å². The lowest BCUT2D eigenvalue weighted by atomic mass is 10.0. The minimum absolute atomic E-state index is 0.0897. The monoisotopic (exact) mass is 436 g/mol. The van der Waals surface area contributed by atoms with E-state index in [0.29, 0.717) is 36.0 Å². The highest BCUT2D eigenvalue weighted by Crippen LogP contribution is 2.34. The minimum Gasteiger partial charge on any atom is -0.370 e. The Morgan fingerprint density at radius 2 is 2.03 bits per heavy atom. The summed E-state index contributed by atoms with van der Waals surface area (Å²) < 4.78 is 22.6. The molecule has 4 aromatic rings. The Balaban J connectivity index is 1.60. The molecular formula is C24H22ClFN4O. The maximum absolute atomic E-state index is 14.8. The summed E-state index contributed by atoms with van der Waals surface area (Å²) in [6, 6.07) is 12.9. The molecule has 0 N–H and O–H groups in total. The van der Waals surface area contributed by atoms with E-state index in [1.807, 2.05) is 31.6 Å². The van der Waals surface area contributed by atoms with Crippen molar-refractivity contribution < 1.29 is 9.13 Å². The zero-order valence-corrected chi connectivity index (χ0v) is 18.1. The molecule has 7 heteroatoms. The largest absolute Gasteiger partial charge is 0.370 e. The van der Waals surface area contributed by atoms with Crippen molar-refractivity contribution in [3.05, 3.63) is 76.8 Å². The van der Waals surface area contributed by atoms with E-state index in [9.17, 15) is 4.39 Å². The third-order valence-electron chi connectivity index (χ3n) is 5.65. The molecule has 1 unspecified atom stereocenters. The number of hydrogen-bond donors (Lipinski definition) is 0. The lowest BCUT2D eigenvalue weighted by molar-refractivity contribution is 0.0395. The lowest BCUT2D eigenvalue weighted by Crippen LogP contribution is -2.38. The predicted octanol–water partition coefficient (Wildman–Crippen LogP) is 5.31. The summed E-state index contributed by atoms with van der Waals surface area (Å²) in [6.07, 6.45) is 3.72. The summed E-state index contributed by atoms with van der Waals surface area (Å²) in [6.45, 7) is 4.00. The van der Waals surface area contributed by atoms with Gasteiger partial charge in [0.25, 0.3) is 0 Å². The standard InChI is InChI=1S/C24H22ClFN4O/c1-15-3-5-19-16(9-15)10-23(28-24(19)20-6-4-18(25)11-21(20)26)30-7-8-31-22(14-30)17-12-27-29(2)13-17/h3-6,9-13,22H,7-8,14H2,1-2H3. The van der Waals surface area contributed by atoms with Crippen LogP contribution in [0.15, 0.2) is 54.9 Å². The first-order chi connectivity index (χ1) is 15.0. The SMILES string of the molecule is Cc1ccc2c(-c3ccc(Cl)cc3F)nc(N3CCOC(c4cnn(C)c4)C3)cc2c1. The van der Waals surface area contributed by atoms with Crippen LogP contribution >= 0.6 is 11.6 Å². The molecule has 5 rings (SSSR count). The first kappa shape index (κ1) is 20.0. The molecule has 0 radical (unpaired) electrons. The number of ether oxygens (including phenoxy) is 1. The number of anilines is 1. The second kappa shape index (κ2) is 7.94. The molecule has 158 valence electrons. The summed E-state index contributed by atoms with van der Waals surface area (Å²) in [5.41, 5.74) is 3.23. The van der Waals surface area contributed by atoms with Gasteiger partial charge < -0.3 is 9.64 Å². The smallest absolute Gasteiger partial charge is 0.134 e. The van der Waals surface area contributed by atoms with Gasteiger partial charge in [0.2, 0.25) is 0 Å². The van der Waals surface area contributed by atoms with Crippen molar-refractivity contribution in [2.45, 2.75) is 13.0 Å². The molecule has 0 bridgehead atoms. The lowest BCUT2D eigenvalue weighted by Gasteiger charge is -2.33. The third kappa shape index (κ3) is 3.89. The van der Waals surface area contributed by atoms with Gasteiger partial charge in [-0.2, -0.15) is 5.10 Å². The van der Waals surface area contributed by atoms with Gasteiger partial charge in [0.1, 0.15) is 17.7 Å². The summed E-state index contributed by atoms with van der Waals surface area (Å²) in [5, 5.41) is 6.56. The van der Waals surface area contributed by atoms with E-state index >= 15 is 0 Å². The van der Waals surface area contributed by atoms with E-state index in [0.717, 1.165) is 27.7 Å². The molecule has 3 heterocycles. The number of morpholine rings is 1. The zero-order valence-electron chi connectivity index (χ0n) is 17.3. The zero-order chi connectivity index (χ0) is 21.5. The van der Waals surface area contributed by atoms with Gasteiger partial charge in [-0.25, -0.2) is 9.37 Å². The Labute approximate surface area is 185 Å². The fraction of sp³-hybridized carbons (Fsp3) is 0.250. The summed E-state index contributed by atoms with van der Waals surface area (Å²) in [4.78, 5) is 7.11. The van der Waals surface area contributed by atoms with Crippen LogP contribution in [0.1, 0.15) is 17.2 Å². The number of halogens is 2. The van der Waals surface area contributed by atoms with Crippen molar-refractivity contribution in [1.29, 1.82) is 0 Å².